The summed E-state index contributed by atoms with van der Waals surface area (Å²) in [6.07, 6.45) is 5.13. The van der Waals surface area contributed by atoms with Crippen molar-refractivity contribution in [2.24, 2.45) is 0 Å². The molecule has 1 aliphatic rings. The van der Waals surface area contributed by atoms with Crippen LogP contribution in [0.15, 0.2) is 29.1 Å². The minimum absolute atomic E-state index is 0.0223. The maximum Gasteiger partial charge on any atom is 0.254 e. The average molecular weight is 284 g/mol. The Bertz CT molecular complexity index is 691. The lowest BCUT2D eigenvalue weighted by Crippen LogP contribution is -2.18. The SMILES string of the molecule is COCc1cccc(-c2nc3c(c(=O)[nH]2)CCCCC3)c1. The monoisotopic (exact) mass is 284 g/mol. The van der Waals surface area contributed by atoms with Crippen molar-refractivity contribution in [3.05, 3.63) is 51.4 Å². The van der Waals surface area contributed by atoms with E-state index in [0.717, 1.165) is 48.1 Å². The third kappa shape index (κ3) is 3.05. The van der Waals surface area contributed by atoms with Crippen LogP contribution < -0.4 is 5.56 Å². The molecule has 0 fully saturated rings. The normalized spacial score (nSPS) is 14.5. The predicted molar refractivity (Wildman–Crippen MR) is 82.3 cm³/mol. The average Bonchev–Trinajstić information content (AvgIpc) is 2.73. The summed E-state index contributed by atoms with van der Waals surface area (Å²) in [5.74, 6) is 0.665. The fraction of sp³-hybridized carbons (Fsp3) is 0.412. The van der Waals surface area contributed by atoms with E-state index in [1.807, 2.05) is 24.3 Å². The molecule has 4 heteroatoms. The van der Waals surface area contributed by atoms with Crippen molar-refractivity contribution in [1.29, 1.82) is 0 Å². The number of aryl methyl sites for hydroxylation is 1. The second-order valence-electron chi connectivity index (χ2n) is 5.53. The number of ether oxygens (including phenoxy) is 1. The van der Waals surface area contributed by atoms with Crippen LogP contribution in [0.25, 0.3) is 11.4 Å². The van der Waals surface area contributed by atoms with Crippen molar-refractivity contribution in [2.75, 3.05) is 7.11 Å². The van der Waals surface area contributed by atoms with Crippen LogP contribution in [0.2, 0.25) is 0 Å². The van der Waals surface area contributed by atoms with Gasteiger partial charge in [-0.1, -0.05) is 24.6 Å². The molecule has 1 aliphatic carbocycles. The van der Waals surface area contributed by atoms with Crippen molar-refractivity contribution >= 4 is 0 Å². The van der Waals surface area contributed by atoms with E-state index in [4.69, 9.17) is 9.72 Å². The van der Waals surface area contributed by atoms with Gasteiger partial charge in [0.25, 0.3) is 5.56 Å². The van der Waals surface area contributed by atoms with Crippen LogP contribution >= 0.6 is 0 Å². The molecule has 1 aromatic heterocycles. The van der Waals surface area contributed by atoms with Gasteiger partial charge < -0.3 is 9.72 Å². The lowest BCUT2D eigenvalue weighted by Gasteiger charge is -2.08. The first-order valence-corrected chi connectivity index (χ1v) is 7.48. The highest BCUT2D eigenvalue weighted by Gasteiger charge is 2.15. The predicted octanol–water partition coefficient (Wildman–Crippen LogP) is 2.85. The van der Waals surface area contributed by atoms with E-state index in [0.29, 0.717) is 12.4 Å². The standard InChI is InChI=1S/C17H20N2O2/c1-21-11-12-6-5-7-13(10-12)16-18-15-9-4-2-3-8-14(15)17(20)19-16/h5-7,10H,2-4,8-9,11H2,1H3,(H,18,19,20). The summed E-state index contributed by atoms with van der Waals surface area (Å²) in [6.45, 7) is 0.559. The zero-order valence-electron chi connectivity index (χ0n) is 12.3. The molecule has 0 amide bonds. The molecule has 0 saturated heterocycles. The number of H-pyrrole nitrogens is 1. The molecular formula is C17H20N2O2. The van der Waals surface area contributed by atoms with Crippen molar-refractivity contribution in [3.8, 4) is 11.4 Å². The lowest BCUT2D eigenvalue weighted by atomic mass is 10.1. The highest BCUT2D eigenvalue weighted by atomic mass is 16.5. The highest BCUT2D eigenvalue weighted by molar-refractivity contribution is 5.56. The van der Waals surface area contributed by atoms with E-state index in [1.165, 1.54) is 6.42 Å². The van der Waals surface area contributed by atoms with Gasteiger partial charge in [0.05, 0.1) is 12.3 Å². The van der Waals surface area contributed by atoms with Gasteiger partial charge in [-0.15, -0.1) is 0 Å². The number of methoxy groups -OCH3 is 1. The number of benzene rings is 1. The topological polar surface area (TPSA) is 55.0 Å². The molecule has 21 heavy (non-hydrogen) atoms. The number of hydrogen-bond donors (Lipinski definition) is 1. The number of fused-ring (bicyclic) bond motifs is 1. The van der Waals surface area contributed by atoms with Gasteiger partial charge in [-0.3, -0.25) is 4.79 Å². The first-order chi connectivity index (χ1) is 10.3. The van der Waals surface area contributed by atoms with Crippen LogP contribution in [0.1, 0.15) is 36.1 Å². The fourth-order valence-corrected chi connectivity index (χ4v) is 2.89. The Labute approximate surface area is 124 Å². The smallest absolute Gasteiger partial charge is 0.254 e. The summed E-state index contributed by atoms with van der Waals surface area (Å²) in [7, 11) is 1.68. The Hall–Kier alpha value is -1.94. The Morgan fingerprint density at radius 1 is 1.24 bits per heavy atom. The summed E-state index contributed by atoms with van der Waals surface area (Å²) in [5, 5.41) is 0. The summed E-state index contributed by atoms with van der Waals surface area (Å²) < 4.78 is 5.16. The minimum atomic E-state index is 0.0223. The van der Waals surface area contributed by atoms with Crippen LogP contribution in [-0.4, -0.2) is 17.1 Å². The van der Waals surface area contributed by atoms with Crippen molar-refractivity contribution < 1.29 is 4.74 Å². The second-order valence-corrected chi connectivity index (χ2v) is 5.53. The third-order valence-electron chi connectivity index (χ3n) is 3.95. The molecule has 1 heterocycles. The molecule has 0 radical (unpaired) electrons. The molecule has 0 spiro atoms. The first-order valence-electron chi connectivity index (χ1n) is 7.48. The van der Waals surface area contributed by atoms with Crippen LogP contribution in [0.4, 0.5) is 0 Å². The van der Waals surface area contributed by atoms with Crippen molar-refractivity contribution in [2.45, 2.75) is 38.7 Å². The van der Waals surface area contributed by atoms with E-state index in [1.54, 1.807) is 7.11 Å². The molecule has 0 saturated carbocycles. The van der Waals surface area contributed by atoms with Gasteiger partial charge in [0, 0.05) is 18.2 Å². The number of aromatic nitrogens is 2. The summed E-state index contributed by atoms with van der Waals surface area (Å²) >= 11 is 0. The molecule has 0 bridgehead atoms. The Morgan fingerprint density at radius 3 is 2.95 bits per heavy atom. The Morgan fingerprint density at radius 2 is 2.10 bits per heavy atom. The highest BCUT2D eigenvalue weighted by Crippen LogP contribution is 2.20. The summed E-state index contributed by atoms with van der Waals surface area (Å²) in [4.78, 5) is 20.0. The van der Waals surface area contributed by atoms with Gasteiger partial charge in [0.15, 0.2) is 0 Å². The number of nitrogens with one attached hydrogen (secondary N) is 1. The van der Waals surface area contributed by atoms with Crippen LogP contribution in [0, 0.1) is 0 Å². The Kier molecular flexibility index (Phi) is 4.15. The van der Waals surface area contributed by atoms with Gasteiger partial charge in [-0.05, 0) is 37.3 Å². The van der Waals surface area contributed by atoms with Gasteiger partial charge in [0.2, 0.25) is 0 Å². The number of hydrogen-bond acceptors (Lipinski definition) is 3. The molecule has 0 atom stereocenters. The van der Waals surface area contributed by atoms with Gasteiger partial charge in [0.1, 0.15) is 5.82 Å². The third-order valence-corrected chi connectivity index (χ3v) is 3.95. The van der Waals surface area contributed by atoms with Gasteiger partial charge in [-0.2, -0.15) is 0 Å². The van der Waals surface area contributed by atoms with Gasteiger partial charge in [-0.25, -0.2) is 4.98 Å². The molecule has 1 N–H and O–H groups in total. The maximum absolute atomic E-state index is 12.3. The summed E-state index contributed by atoms with van der Waals surface area (Å²) in [5.41, 5.74) is 3.89. The van der Waals surface area contributed by atoms with Gasteiger partial charge >= 0.3 is 0 Å². The van der Waals surface area contributed by atoms with Crippen LogP contribution in [-0.2, 0) is 24.2 Å². The number of aromatic amines is 1. The zero-order chi connectivity index (χ0) is 14.7. The van der Waals surface area contributed by atoms with E-state index >= 15 is 0 Å². The Balaban J connectivity index is 2.03. The van der Waals surface area contributed by atoms with Crippen LogP contribution in [0.5, 0.6) is 0 Å². The molecular weight excluding hydrogens is 264 g/mol. The molecule has 1 aromatic carbocycles. The molecule has 110 valence electrons. The van der Waals surface area contributed by atoms with Crippen LogP contribution in [0.3, 0.4) is 0 Å². The zero-order valence-corrected chi connectivity index (χ0v) is 12.3. The molecule has 0 aliphatic heterocycles. The quantitative estimate of drug-likeness (QED) is 0.882. The molecule has 2 aromatic rings. The first kappa shape index (κ1) is 14.0. The van der Waals surface area contributed by atoms with Crippen molar-refractivity contribution in [3.63, 3.8) is 0 Å². The number of rotatable bonds is 3. The lowest BCUT2D eigenvalue weighted by molar-refractivity contribution is 0.185. The largest absolute Gasteiger partial charge is 0.380 e. The molecule has 3 rings (SSSR count). The van der Waals surface area contributed by atoms with E-state index in [2.05, 4.69) is 4.98 Å². The summed E-state index contributed by atoms with van der Waals surface area (Å²) in [6, 6.07) is 7.97. The fourth-order valence-electron chi connectivity index (χ4n) is 2.89. The minimum Gasteiger partial charge on any atom is -0.380 e. The molecule has 0 unspecified atom stereocenters. The second kappa shape index (κ2) is 6.22. The van der Waals surface area contributed by atoms with E-state index in [9.17, 15) is 4.79 Å². The van der Waals surface area contributed by atoms with Crippen molar-refractivity contribution in [1.82, 2.24) is 9.97 Å². The number of nitrogens with zero attached hydrogens (tertiary/aromatic N) is 1. The molecule has 4 nitrogen and oxygen atoms in total. The maximum atomic E-state index is 12.3. The van der Waals surface area contributed by atoms with E-state index in [-0.39, 0.29) is 5.56 Å². The van der Waals surface area contributed by atoms with E-state index < -0.39 is 0 Å².